The summed E-state index contributed by atoms with van der Waals surface area (Å²) in [7, 11) is 1.59. The summed E-state index contributed by atoms with van der Waals surface area (Å²) >= 11 is 0. The van der Waals surface area contributed by atoms with Crippen LogP contribution >= 0.6 is 0 Å². The van der Waals surface area contributed by atoms with Crippen LogP contribution in [-0.2, 0) is 9.47 Å². The molecule has 0 unspecified atom stereocenters. The Bertz CT molecular complexity index is 376. The van der Waals surface area contributed by atoms with Gasteiger partial charge in [0.05, 0.1) is 6.61 Å². The molecule has 0 bridgehead atoms. The molecule has 0 saturated carbocycles. The summed E-state index contributed by atoms with van der Waals surface area (Å²) < 4.78 is 10.2. The summed E-state index contributed by atoms with van der Waals surface area (Å²) in [5.41, 5.74) is -0.464. The van der Waals surface area contributed by atoms with Crippen LogP contribution in [0.4, 0.5) is 9.59 Å². The van der Waals surface area contributed by atoms with Gasteiger partial charge in [0.15, 0.2) is 0 Å². The van der Waals surface area contributed by atoms with Gasteiger partial charge in [-0.3, -0.25) is 4.90 Å². The molecule has 8 heteroatoms. The normalized spacial score (nSPS) is 16.1. The van der Waals surface area contributed by atoms with Crippen LogP contribution in [0.2, 0.25) is 0 Å². The molecule has 1 aliphatic rings. The van der Waals surface area contributed by atoms with E-state index in [1.807, 2.05) is 20.8 Å². The zero-order valence-electron chi connectivity index (χ0n) is 14.7. The molecule has 0 atom stereocenters. The quantitative estimate of drug-likeness (QED) is 0.693. The Morgan fingerprint density at radius 1 is 1.04 bits per heavy atom. The van der Waals surface area contributed by atoms with Crippen LogP contribution in [0.1, 0.15) is 20.8 Å². The highest BCUT2D eigenvalue weighted by molar-refractivity contribution is 5.73. The summed E-state index contributed by atoms with van der Waals surface area (Å²) in [6.45, 7) is 10.8. The van der Waals surface area contributed by atoms with Gasteiger partial charge in [-0.15, -0.1) is 0 Å². The number of piperazine rings is 1. The first kappa shape index (κ1) is 19.5. The standard InChI is InChI=1S/C15H30N4O4/c1-15(2,3)23-14(21)19-10-8-18(9-11-19)7-5-16-13(20)17-6-12-22-4/h5-12H2,1-4H3,(H2,16,17,20). The highest BCUT2D eigenvalue weighted by Gasteiger charge is 2.25. The van der Waals surface area contributed by atoms with E-state index in [1.165, 1.54) is 0 Å². The van der Waals surface area contributed by atoms with E-state index in [9.17, 15) is 9.59 Å². The molecule has 23 heavy (non-hydrogen) atoms. The number of amides is 3. The number of ether oxygens (including phenoxy) is 2. The van der Waals surface area contributed by atoms with E-state index in [0.29, 0.717) is 32.8 Å². The Morgan fingerprint density at radius 2 is 1.65 bits per heavy atom. The van der Waals surface area contributed by atoms with Gasteiger partial charge in [-0.25, -0.2) is 9.59 Å². The number of nitrogens with zero attached hydrogens (tertiary/aromatic N) is 2. The van der Waals surface area contributed by atoms with Gasteiger partial charge < -0.3 is 25.0 Å². The van der Waals surface area contributed by atoms with Gasteiger partial charge in [0.25, 0.3) is 0 Å². The predicted octanol–water partition coefficient (Wildman–Crippen LogP) is 0.485. The van der Waals surface area contributed by atoms with Gasteiger partial charge in [0.1, 0.15) is 5.60 Å². The molecule has 0 radical (unpaired) electrons. The van der Waals surface area contributed by atoms with Crippen LogP contribution in [0.25, 0.3) is 0 Å². The second kappa shape index (κ2) is 9.57. The van der Waals surface area contributed by atoms with Crippen molar-refractivity contribution in [3.63, 3.8) is 0 Å². The van der Waals surface area contributed by atoms with E-state index < -0.39 is 5.60 Å². The summed E-state index contributed by atoms with van der Waals surface area (Å²) in [5, 5.41) is 5.50. The van der Waals surface area contributed by atoms with E-state index in [1.54, 1.807) is 12.0 Å². The fourth-order valence-corrected chi connectivity index (χ4v) is 2.14. The maximum absolute atomic E-state index is 12.0. The average Bonchev–Trinajstić information content (AvgIpc) is 2.46. The van der Waals surface area contributed by atoms with E-state index in [2.05, 4.69) is 15.5 Å². The minimum Gasteiger partial charge on any atom is -0.444 e. The summed E-state index contributed by atoms with van der Waals surface area (Å²) in [4.78, 5) is 27.4. The van der Waals surface area contributed by atoms with Crippen molar-refractivity contribution in [2.75, 3.05) is 59.5 Å². The highest BCUT2D eigenvalue weighted by atomic mass is 16.6. The maximum atomic E-state index is 12.0. The third-order valence-electron chi connectivity index (χ3n) is 3.33. The molecule has 0 spiro atoms. The SMILES string of the molecule is COCCNC(=O)NCCN1CCN(C(=O)OC(C)(C)C)CC1. The van der Waals surface area contributed by atoms with Crippen molar-refractivity contribution in [1.29, 1.82) is 0 Å². The Morgan fingerprint density at radius 3 is 2.22 bits per heavy atom. The molecule has 1 rings (SSSR count). The van der Waals surface area contributed by atoms with Crippen LogP contribution in [0.15, 0.2) is 0 Å². The van der Waals surface area contributed by atoms with Gasteiger partial charge in [-0.2, -0.15) is 0 Å². The van der Waals surface area contributed by atoms with Crippen LogP contribution in [-0.4, -0.2) is 87.1 Å². The lowest BCUT2D eigenvalue weighted by Crippen LogP contribution is -2.51. The number of carbonyl (C=O) groups is 2. The Labute approximate surface area is 138 Å². The van der Waals surface area contributed by atoms with Crippen molar-refractivity contribution in [3.05, 3.63) is 0 Å². The smallest absolute Gasteiger partial charge is 0.410 e. The van der Waals surface area contributed by atoms with Crippen LogP contribution in [0.5, 0.6) is 0 Å². The lowest BCUT2D eigenvalue weighted by molar-refractivity contribution is 0.0147. The maximum Gasteiger partial charge on any atom is 0.410 e. The fourth-order valence-electron chi connectivity index (χ4n) is 2.14. The van der Waals surface area contributed by atoms with E-state index in [0.717, 1.165) is 19.6 Å². The second-order valence-corrected chi connectivity index (χ2v) is 6.48. The second-order valence-electron chi connectivity index (χ2n) is 6.48. The number of hydrogen-bond acceptors (Lipinski definition) is 5. The van der Waals surface area contributed by atoms with Crippen molar-refractivity contribution in [2.45, 2.75) is 26.4 Å². The van der Waals surface area contributed by atoms with Gasteiger partial charge in [-0.1, -0.05) is 0 Å². The highest BCUT2D eigenvalue weighted by Crippen LogP contribution is 2.11. The molecular weight excluding hydrogens is 300 g/mol. The molecule has 0 aromatic rings. The third-order valence-corrected chi connectivity index (χ3v) is 3.33. The first-order valence-corrected chi connectivity index (χ1v) is 8.03. The number of rotatable bonds is 6. The minimum absolute atomic E-state index is 0.186. The number of nitrogens with one attached hydrogen (secondary N) is 2. The lowest BCUT2D eigenvalue weighted by atomic mass is 10.2. The van der Waals surface area contributed by atoms with Gasteiger partial charge in [-0.05, 0) is 20.8 Å². The fraction of sp³-hybridized carbons (Fsp3) is 0.867. The Balaban J connectivity index is 2.14. The zero-order chi connectivity index (χ0) is 17.3. The molecule has 134 valence electrons. The lowest BCUT2D eigenvalue weighted by Gasteiger charge is -2.35. The van der Waals surface area contributed by atoms with Crippen molar-refractivity contribution < 1.29 is 19.1 Å². The third kappa shape index (κ3) is 8.61. The Kier molecular flexibility index (Phi) is 8.11. The number of carbonyl (C=O) groups excluding carboxylic acids is 2. The molecule has 0 aliphatic carbocycles. The average molecular weight is 330 g/mol. The minimum atomic E-state index is -0.464. The molecule has 1 aliphatic heterocycles. The van der Waals surface area contributed by atoms with Gasteiger partial charge in [0.2, 0.25) is 0 Å². The predicted molar refractivity (Wildman–Crippen MR) is 87.5 cm³/mol. The summed E-state index contributed by atoms with van der Waals surface area (Å²) in [6, 6.07) is -0.186. The molecular formula is C15H30N4O4. The molecule has 8 nitrogen and oxygen atoms in total. The zero-order valence-corrected chi connectivity index (χ0v) is 14.7. The Hall–Kier alpha value is -1.54. The van der Waals surface area contributed by atoms with E-state index in [-0.39, 0.29) is 12.1 Å². The van der Waals surface area contributed by atoms with Crippen molar-refractivity contribution in [3.8, 4) is 0 Å². The van der Waals surface area contributed by atoms with Gasteiger partial charge >= 0.3 is 12.1 Å². The molecule has 2 N–H and O–H groups in total. The largest absolute Gasteiger partial charge is 0.444 e. The topological polar surface area (TPSA) is 83.1 Å². The van der Waals surface area contributed by atoms with Crippen molar-refractivity contribution >= 4 is 12.1 Å². The van der Waals surface area contributed by atoms with E-state index in [4.69, 9.17) is 9.47 Å². The van der Waals surface area contributed by atoms with Crippen LogP contribution < -0.4 is 10.6 Å². The number of hydrogen-bond donors (Lipinski definition) is 2. The molecule has 0 aromatic carbocycles. The van der Waals surface area contributed by atoms with Crippen LogP contribution in [0.3, 0.4) is 0 Å². The first-order chi connectivity index (χ1) is 10.8. The van der Waals surface area contributed by atoms with E-state index >= 15 is 0 Å². The summed E-state index contributed by atoms with van der Waals surface area (Å²) in [5.74, 6) is 0. The van der Waals surface area contributed by atoms with Gasteiger partial charge in [0, 0.05) is 52.9 Å². The first-order valence-electron chi connectivity index (χ1n) is 8.03. The number of methoxy groups -OCH3 is 1. The monoisotopic (exact) mass is 330 g/mol. The van der Waals surface area contributed by atoms with Crippen LogP contribution in [0, 0.1) is 0 Å². The number of urea groups is 1. The molecule has 3 amide bonds. The molecule has 1 saturated heterocycles. The molecule has 0 aromatic heterocycles. The molecule has 1 heterocycles. The summed E-state index contributed by atoms with van der Waals surface area (Å²) in [6.07, 6.45) is -0.257. The van der Waals surface area contributed by atoms with Crippen molar-refractivity contribution in [2.24, 2.45) is 0 Å². The molecule has 1 fully saturated rings. The van der Waals surface area contributed by atoms with Crippen molar-refractivity contribution in [1.82, 2.24) is 20.4 Å².